The number of amides is 1. The molecule has 3 nitrogen and oxygen atoms in total. The quantitative estimate of drug-likeness (QED) is 0.493. The molecule has 5 heteroatoms. The third-order valence-electron chi connectivity index (χ3n) is 4.58. The number of halogens is 2. The monoisotopic (exact) mass is 420 g/mol. The lowest BCUT2D eigenvalue weighted by atomic mass is 9.84. The Morgan fingerprint density at radius 2 is 1.93 bits per heavy atom. The van der Waals surface area contributed by atoms with Crippen molar-refractivity contribution >= 4 is 29.1 Å². The molecule has 0 aliphatic heterocycles. The summed E-state index contributed by atoms with van der Waals surface area (Å²) in [5.41, 5.74) is 2.09. The molecule has 152 valence electrons. The lowest BCUT2D eigenvalue weighted by Crippen LogP contribution is -2.34. The van der Waals surface area contributed by atoms with Gasteiger partial charge in [0.1, 0.15) is 0 Å². The number of nitrogens with zero attached hydrogens (tertiary/aromatic N) is 2. The minimum atomic E-state index is 0.160. The molecule has 0 aliphatic carbocycles. The summed E-state index contributed by atoms with van der Waals surface area (Å²) in [6, 6.07) is 11.3. The minimum Gasteiger partial charge on any atom is -0.336 e. The lowest BCUT2D eigenvalue weighted by molar-refractivity contribution is -0.133. The van der Waals surface area contributed by atoms with E-state index in [2.05, 4.69) is 32.7 Å². The van der Waals surface area contributed by atoms with Gasteiger partial charge < -0.3 is 4.90 Å². The Morgan fingerprint density at radius 1 is 1.18 bits per heavy atom. The number of pyridine rings is 1. The van der Waals surface area contributed by atoms with Crippen LogP contribution in [0.3, 0.4) is 0 Å². The van der Waals surface area contributed by atoms with Crippen LogP contribution < -0.4 is 0 Å². The summed E-state index contributed by atoms with van der Waals surface area (Å²) in [6.45, 7) is 9.89. The van der Waals surface area contributed by atoms with E-state index in [1.807, 2.05) is 35.2 Å². The molecule has 1 amide bonds. The Hall–Kier alpha value is -1.58. The van der Waals surface area contributed by atoms with E-state index in [4.69, 9.17) is 23.2 Å². The van der Waals surface area contributed by atoms with Crippen LogP contribution in [0.5, 0.6) is 0 Å². The maximum absolute atomic E-state index is 13.0. The summed E-state index contributed by atoms with van der Waals surface area (Å²) in [7, 11) is 0. The Labute approximate surface area is 179 Å². The summed E-state index contributed by atoms with van der Waals surface area (Å²) in [5.74, 6) is 0.491. The van der Waals surface area contributed by atoms with Gasteiger partial charge >= 0.3 is 0 Å². The third kappa shape index (κ3) is 7.81. The van der Waals surface area contributed by atoms with Crippen LogP contribution in [0, 0.1) is 11.3 Å². The fourth-order valence-electron chi connectivity index (χ4n) is 3.50. The Morgan fingerprint density at radius 3 is 2.54 bits per heavy atom. The first kappa shape index (κ1) is 22.7. The summed E-state index contributed by atoms with van der Waals surface area (Å²) < 4.78 is 0. The highest BCUT2D eigenvalue weighted by molar-refractivity contribution is 6.35. The first-order chi connectivity index (χ1) is 13.1. The number of carbonyl (C=O) groups excluding carboxylic acids is 1. The Kier molecular flexibility index (Phi) is 8.33. The predicted octanol–water partition coefficient (Wildman–Crippen LogP) is 6.42. The first-order valence-corrected chi connectivity index (χ1v) is 10.5. The van der Waals surface area contributed by atoms with Crippen LogP contribution in [0.25, 0.3) is 0 Å². The average molecular weight is 421 g/mol. The number of hydrogen-bond acceptors (Lipinski definition) is 2. The average Bonchev–Trinajstić information content (AvgIpc) is 2.59. The first-order valence-electron chi connectivity index (χ1n) is 9.75. The molecule has 0 saturated heterocycles. The Balaban J connectivity index is 2.08. The molecule has 1 atom stereocenters. The van der Waals surface area contributed by atoms with Crippen LogP contribution >= 0.6 is 23.2 Å². The molecular weight excluding hydrogens is 391 g/mol. The maximum Gasteiger partial charge on any atom is 0.223 e. The van der Waals surface area contributed by atoms with Crippen molar-refractivity contribution in [1.29, 1.82) is 0 Å². The zero-order valence-corrected chi connectivity index (χ0v) is 18.7. The fourth-order valence-corrected chi connectivity index (χ4v) is 4.01. The highest BCUT2D eigenvalue weighted by atomic mass is 35.5. The van der Waals surface area contributed by atoms with E-state index < -0.39 is 0 Å². The minimum absolute atomic E-state index is 0.160. The van der Waals surface area contributed by atoms with Gasteiger partial charge in [0.25, 0.3) is 0 Å². The van der Waals surface area contributed by atoms with Crippen LogP contribution in [0.15, 0.2) is 42.6 Å². The molecule has 2 rings (SSSR count). The van der Waals surface area contributed by atoms with Gasteiger partial charge in [-0.25, -0.2) is 0 Å². The van der Waals surface area contributed by atoms with Crippen molar-refractivity contribution in [2.24, 2.45) is 11.3 Å². The van der Waals surface area contributed by atoms with Gasteiger partial charge in [0.05, 0.1) is 12.2 Å². The molecule has 1 unspecified atom stereocenters. The van der Waals surface area contributed by atoms with Crippen LogP contribution in [-0.2, 0) is 17.8 Å². The maximum atomic E-state index is 13.0. The second-order valence-electron chi connectivity index (χ2n) is 8.70. The van der Waals surface area contributed by atoms with E-state index in [1.165, 1.54) is 0 Å². The van der Waals surface area contributed by atoms with E-state index in [-0.39, 0.29) is 11.3 Å². The van der Waals surface area contributed by atoms with Gasteiger partial charge in [0.15, 0.2) is 0 Å². The second-order valence-corrected chi connectivity index (χ2v) is 9.54. The molecule has 0 aliphatic rings. The smallest absolute Gasteiger partial charge is 0.223 e. The van der Waals surface area contributed by atoms with E-state index in [9.17, 15) is 4.79 Å². The molecular formula is C23H30Cl2N2O. The molecule has 28 heavy (non-hydrogen) atoms. The summed E-state index contributed by atoms with van der Waals surface area (Å²) in [6.07, 6.45) is 4.00. The molecule has 0 spiro atoms. The van der Waals surface area contributed by atoms with Crippen molar-refractivity contribution in [3.8, 4) is 0 Å². The SMILES string of the molecule is CC(CC(=O)N(CCc1ccc(Cl)cc1Cl)Cc1ccccn1)CC(C)(C)C. The summed E-state index contributed by atoms with van der Waals surface area (Å²) >= 11 is 12.3. The van der Waals surface area contributed by atoms with Gasteiger partial charge in [-0.1, -0.05) is 63.0 Å². The topological polar surface area (TPSA) is 33.2 Å². The lowest BCUT2D eigenvalue weighted by Gasteiger charge is -2.27. The molecule has 0 radical (unpaired) electrons. The third-order valence-corrected chi connectivity index (χ3v) is 5.17. The van der Waals surface area contributed by atoms with Crippen molar-refractivity contribution in [2.75, 3.05) is 6.54 Å². The molecule has 0 saturated carbocycles. The molecule has 1 aromatic heterocycles. The van der Waals surface area contributed by atoms with E-state index >= 15 is 0 Å². The van der Waals surface area contributed by atoms with E-state index in [1.54, 1.807) is 12.3 Å². The number of aromatic nitrogens is 1. The fraction of sp³-hybridized carbons (Fsp3) is 0.478. The molecule has 0 N–H and O–H groups in total. The zero-order valence-electron chi connectivity index (χ0n) is 17.2. The van der Waals surface area contributed by atoms with Crippen LogP contribution in [0.2, 0.25) is 10.0 Å². The van der Waals surface area contributed by atoms with Crippen LogP contribution in [0.1, 0.15) is 51.8 Å². The van der Waals surface area contributed by atoms with Crippen molar-refractivity contribution in [1.82, 2.24) is 9.88 Å². The molecule has 2 aromatic rings. The van der Waals surface area contributed by atoms with Crippen molar-refractivity contribution in [3.05, 3.63) is 63.9 Å². The zero-order chi connectivity index (χ0) is 20.7. The number of benzene rings is 1. The van der Waals surface area contributed by atoms with Gasteiger partial charge in [0, 0.05) is 29.2 Å². The van der Waals surface area contributed by atoms with E-state index in [0.717, 1.165) is 17.7 Å². The number of carbonyl (C=O) groups is 1. The highest BCUT2D eigenvalue weighted by Crippen LogP contribution is 2.27. The standard InChI is InChI=1S/C23H30Cl2N2O/c1-17(15-23(2,3)4)13-22(28)27(16-20-7-5-6-11-26-20)12-10-18-8-9-19(24)14-21(18)25/h5-9,11,14,17H,10,12-13,15-16H2,1-4H3. The van der Waals surface area contributed by atoms with Crippen molar-refractivity contribution in [3.63, 3.8) is 0 Å². The van der Waals surface area contributed by atoms with Crippen molar-refractivity contribution in [2.45, 2.75) is 53.5 Å². The van der Waals surface area contributed by atoms with Gasteiger partial charge in [-0.3, -0.25) is 9.78 Å². The van der Waals surface area contributed by atoms with E-state index in [0.29, 0.717) is 41.9 Å². The molecule has 1 heterocycles. The number of hydrogen-bond donors (Lipinski definition) is 0. The highest BCUT2D eigenvalue weighted by Gasteiger charge is 2.21. The normalized spacial score (nSPS) is 12.6. The summed E-state index contributed by atoms with van der Waals surface area (Å²) in [4.78, 5) is 19.3. The largest absolute Gasteiger partial charge is 0.336 e. The van der Waals surface area contributed by atoms with Gasteiger partial charge in [-0.2, -0.15) is 0 Å². The molecule has 0 fully saturated rings. The van der Waals surface area contributed by atoms with Gasteiger partial charge in [-0.05, 0) is 54.0 Å². The second kappa shape index (κ2) is 10.3. The van der Waals surface area contributed by atoms with Crippen LogP contribution in [-0.4, -0.2) is 22.3 Å². The van der Waals surface area contributed by atoms with Gasteiger partial charge in [0.2, 0.25) is 5.91 Å². The molecule has 0 bridgehead atoms. The van der Waals surface area contributed by atoms with Gasteiger partial charge in [-0.15, -0.1) is 0 Å². The summed E-state index contributed by atoms with van der Waals surface area (Å²) in [5, 5.41) is 1.25. The van der Waals surface area contributed by atoms with Crippen molar-refractivity contribution < 1.29 is 4.79 Å². The molecule has 1 aromatic carbocycles. The van der Waals surface area contributed by atoms with Crippen LogP contribution in [0.4, 0.5) is 0 Å². The predicted molar refractivity (Wildman–Crippen MR) is 118 cm³/mol. The number of rotatable bonds is 8. The Bertz CT molecular complexity index is 772.